The number of likely N-dealkylation sites (tertiary alicyclic amines) is 1. The van der Waals surface area contributed by atoms with Crippen molar-refractivity contribution in [3.8, 4) is 0 Å². The predicted octanol–water partition coefficient (Wildman–Crippen LogP) is 2.04. The van der Waals surface area contributed by atoms with E-state index in [-0.39, 0.29) is 11.4 Å². The van der Waals surface area contributed by atoms with Crippen molar-refractivity contribution < 1.29 is 4.79 Å². The minimum absolute atomic E-state index is 0.0104. The number of nitrogens with zero attached hydrogens (tertiary/aromatic N) is 2. The molecule has 112 valence electrons. The first-order valence-corrected chi connectivity index (χ1v) is 7.55. The molecule has 20 heavy (non-hydrogen) atoms. The second-order valence-electron chi connectivity index (χ2n) is 6.33. The Morgan fingerprint density at radius 2 is 2.40 bits per heavy atom. The molecular formula is C15H26N4O. The van der Waals surface area contributed by atoms with E-state index < -0.39 is 0 Å². The highest BCUT2D eigenvalue weighted by Gasteiger charge is 2.31. The molecule has 5 nitrogen and oxygen atoms in total. The number of carbonyl (C=O) groups excluding carboxylic acids is 1. The lowest BCUT2D eigenvalue weighted by molar-refractivity contribution is 0.0611. The fourth-order valence-electron chi connectivity index (χ4n) is 2.83. The zero-order chi connectivity index (χ0) is 14.6. The fraction of sp³-hybridized carbons (Fsp3) is 0.733. The minimum atomic E-state index is -0.0837. The molecule has 2 N–H and O–H groups in total. The van der Waals surface area contributed by atoms with Crippen molar-refractivity contribution in [3.05, 3.63) is 18.0 Å². The van der Waals surface area contributed by atoms with Crippen molar-refractivity contribution in [1.29, 1.82) is 0 Å². The van der Waals surface area contributed by atoms with Gasteiger partial charge in [0.05, 0.1) is 0 Å². The topological polar surface area (TPSA) is 61.0 Å². The van der Waals surface area contributed by atoms with Gasteiger partial charge in [0, 0.05) is 24.8 Å². The Kier molecular flexibility index (Phi) is 4.81. The van der Waals surface area contributed by atoms with Crippen LogP contribution in [0.4, 0.5) is 0 Å². The van der Waals surface area contributed by atoms with Gasteiger partial charge in [-0.2, -0.15) is 5.10 Å². The molecule has 1 aromatic rings. The molecule has 0 radical (unpaired) electrons. The molecule has 0 aliphatic carbocycles. The van der Waals surface area contributed by atoms with Gasteiger partial charge < -0.3 is 5.32 Å². The normalized spacial score (nSPS) is 20.9. The summed E-state index contributed by atoms with van der Waals surface area (Å²) >= 11 is 0. The number of hydrogen-bond donors (Lipinski definition) is 2. The summed E-state index contributed by atoms with van der Waals surface area (Å²) in [6.45, 7) is 9.60. The largest absolute Gasteiger partial charge is 0.349 e. The maximum atomic E-state index is 12.0. The van der Waals surface area contributed by atoms with Crippen LogP contribution in [-0.4, -0.2) is 46.2 Å². The lowest BCUT2D eigenvalue weighted by atomic mass is 9.91. The summed E-state index contributed by atoms with van der Waals surface area (Å²) in [5.41, 5.74) is 0.509. The number of nitrogens with one attached hydrogen (secondary N) is 2. The highest BCUT2D eigenvalue weighted by atomic mass is 16.1. The number of H-pyrrole nitrogens is 1. The van der Waals surface area contributed by atoms with Crippen LogP contribution in [0.25, 0.3) is 0 Å². The van der Waals surface area contributed by atoms with Crippen molar-refractivity contribution >= 4 is 5.91 Å². The van der Waals surface area contributed by atoms with E-state index in [2.05, 4.69) is 41.2 Å². The molecule has 1 saturated heterocycles. The van der Waals surface area contributed by atoms with Crippen LogP contribution in [0.5, 0.6) is 0 Å². The zero-order valence-corrected chi connectivity index (χ0v) is 12.8. The molecule has 1 atom stereocenters. The van der Waals surface area contributed by atoms with Gasteiger partial charge in [-0.3, -0.25) is 14.8 Å². The number of rotatable bonds is 5. The Labute approximate surface area is 121 Å². The highest BCUT2D eigenvalue weighted by Crippen LogP contribution is 2.25. The second kappa shape index (κ2) is 6.39. The van der Waals surface area contributed by atoms with Crippen LogP contribution < -0.4 is 5.32 Å². The quantitative estimate of drug-likeness (QED) is 0.866. The molecule has 1 unspecified atom stereocenters. The molecule has 0 saturated carbocycles. The SMILES string of the molecule is CCC1CCCN(C(C)(C)CNC(=O)c2ccn[nH]2)C1. The van der Waals surface area contributed by atoms with Gasteiger partial charge in [0.2, 0.25) is 0 Å². The van der Waals surface area contributed by atoms with Crippen LogP contribution >= 0.6 is 0 Å². The first kappa shape index (κ1) is 15.0. The van der Waals surface area contributed by atoms with Crippen LogP contribution in [-0.2, 0) is 0 Å². The molecule has 0 spiro atoms. The maximum Gasteiger partial charge on any atom is 0.269 e. The van der Waals surface area contributed by atoms with Crippen LogP contribution in [0, 0.1) is 5.92 Å². The molecule has 1 aromatic heterocycles. The van der Waals surface area contributed by atoms with Crippen LogP contribution in [0.2, 0.25) is 0 Å². The van der Waals surface area contributed by atoms with E-state index in [0.717, 1.165) is 19.0 Å². The second-order valence-corrected chi connectivity index (χ2v) is 6.33. The Bertz CT molecular complexity index is 427. The predicted molar refractivity (Wildman–Crippen MR) is 79.6 cm³/mol. The van der Waals surface area contributed by atoms with Crippen LogP contribution in [0.3, 0.4) is 0 Å². The monoisotopic (exact) mass is 278 g/mol. The molecule has 2 heterocycles. The summed E-state index contributed by atoms with van der Waals surface area (Å²) < 4.78 is 0. The highest BCUT2D eigenvalue weighted by molar-refractivity contribution is 5.92. The van der Waals surface area contributed by atoms with Gasteiger partial charge in [-0.25, -0.2) is 0 Å². The van der Waals surface area contributed by atoms with Crippen LogP contribution in [0.15, 0.2) is 12.3 Å². The van der Waals surface area contributed by atoms with Crippen molar-refractivity contribution in [3.63, 3.8) is 0 Å². The van der Waals surface area contributed by atoms with E-state index in [4.69, 9.17) is 0 Å². The van der Waals surface area contributed by atoms with Gasteiger partial charge in [0.15, 0.2) is 0 Å². The Hall–Kier alpha value is -1.36. The Morgan fingerprint density at radius 3 is 3.05 bits per heavy atom. The summed E-state index contributed by atoms with van der Waals surface area (Å²) in [4.78, 5) is 14.5. The Morgan fingerprint density at radius 1 is 1.60 bits per heavy atom. The Balaban J connectivity index is 1.88. The van der Waals surface area contributed by atoms with Crippen LogP contribution in [0.1, 0.15) is 50.5 Å². The lowest BCUT2D eigenvalue weighted by Gasteiger charge is -2.43. The summed E-state index contributed by atoms with van der Waals surface area (Å²) in [6.07, 6.45) is 5.43. The van der Waals surface area contributed by atoms with Gasteiger partial charge in [-0.15, -0.1) is 0 Å². The number of piperidine rings is 1. The summed E-state index contributed by atoms with van der Waals surface area (Å²) in [5, 5.41) is 9.50. The molecular weight excluding hydrogens is 252 g/mol. The molecule has 2 rings (SSSR count). The average Bonchev–Trinajstić information content (AvgIpc) is 2.99. The fourth-order valence-corrected chi connectivity index (χ4v) is 2.83. The summed E-state index contributed by atoms with van der Waals surface area (Å²) in [6, 6.07) is 1.69. The van der Waals surface area contributed by atoms with Gasteiger partial charge in [-0.05, 0) is 45.2 Å². The first-order valence-electron chi connectivity index (χ1n) is 7.55. The standard InChI is InChI=1S/C15H26N4O/c1-4-12-6-5-9-19(10-12)15(2,3)11-16-14(20)13-7-8-17-18-13/h7-8,12H,4-6,9-11H2,1-3H3,(H,16,20)(H,17,18). The molecule has 0 aromatic carbocycles. The van der Waals surface area contributed by atoms with E-state index in [9.17, 15) is 4.79 Å². The van der Waals surface area contributed by atoms with E-state index in [0.29, 0.717) is 12.2 Å². The third-order valence-electron chi connectivity index (χ3n) is 4.38. The van der Waals surface area contributed by atoms with Crippen molar-refractivity contribution in [2.24, 2.45) is 5.92 Å². The van der Waals surface area contributed by atoms with E-state index in [1.54, 1.807) is 12.3 Å². The van der Waals surface area contributed by atoms with Gasteiger partial charge in [0.25, 0.3) is 5.91 Å². The molecule has 1 aliphatic heterocycles. The molecule has 1 amide bonds. The zero-order valence-electron chi connectivity index (χ0n) is 12.8. The van der Waals surface area contributed by atoms with Gasteiger partial charge in [-0.1, -0.05) is 13.3 Å². The summed E-state index contributed by atoms with van der Waals surface area (Å²) in [7, 11) is 0. The van der Waals surface area contributed by atoms with Crippen molar-refractivity contribution in [2.45, 2.75) is 45.6 Å². The van der Waals surface area contributed by atoms with E-state index >= 15 is 0 Å². The lowest BCUT2D eigenvalue weighted by Crippen LogP contribution is -2.54. The molecule has 1 fully saturated rings. The minimum Gasteiger partial charge on any atom is -0.349 e. The van der Waals surface area contributed by atoms with Crippen molar-refractivity contribution in [2.75, 3.05) is 19.6 Å². The number of aromatic amines is 1. The molecule has 5 heteroatoms. The molecule has 1 aliphatic rings. The van der Waals surface area contributed by atoms with Gasteiger partial charge >= 0.3 is 0 Å². The average molecular weight is 278 g/mol. The smallest absolute Gasteiger partial charge is 0.269 e. The number of aromatic nitrogens is 2. The first-order chi connectivity index (χ1) is 9.53. The van der Waals surface area contributed by atoms with E-state index in [1.165, 1.54) is 19.3 Å². The molecule has 0 bridgehead atoms. The third-order valence-corrected chi connectivity index (χ3v) is 4.38. The number of amides is 1. The third kappa shape index (κ3) is 3.60. The van der Waals surface area contributed by atoms with E-state index in [1.807, 2.05) is 0 Å². The number of hydrogen-bond acceptors (Lipinski definition) is 3. The number of carbonyl (C=O) groups is 1. The summed E-state index contributed by atoms with van der Waals surface area (Å²) in [5.74, 6) is 0.714. The maximum absolute atomic E-state index is 12.0. The van der Waals surface area contributed by atoms with Crippen molar-refractivity contribution in [1.82, 2.24) is 20.4 Å². The van der Waals surface area contributed by atoms with Gasteiger partial charge in [0.1, 0.15) is 5.69 Å².